The third kappa shape index (κ3) is 3.31. The SMILES string of the molecule is CCC(OC(=O)c1cccnc1)C1CCCCC1. The molecule has 1 heterocycles. The smallest absolute Gasteiger partial charge is 0.339 e. The van der Waals surface area contributed by atoms with Crippen molar-refractivity contribution >= 4 is 5.97 Å². The van der Waals surface area contributed by atoms with Gasteiger partial charge in [0.1, 0.15) is 6.10 Å². The quantitative estimate of drug-likeness (QED) is 0.763. The molecule has 1 atom stereocenters. The first-order valence-corrected chi connectivity index (χ1v) is 6.92. The zero-order chi connectivity index (χ0) is 12.8. The summed E-state index contributed by atoms with van der Waals surface area (Å²) in [5, 5.41) is 0. The number of ether oxygens (including phenoxy) is 1. The van der Waals surface area contributed by atoms with Crippen LogP contribution in [0.2, 0.25) is 0 Å². The molecule has 1 aliphatic rings. The number of carbonyl (C=O) groups is 1. The van der Waals surface area contributed by atoms with Gasteiger partial charge in [0.05, 0.1) is 5.56 Å². The third-order valence-electron chi connectivity index (χ3n) is 3.73. The van der Waals surface area contributed by atoms with Gasteiger partial charge in [-0.1, -0.05) is 26.2 Å². The molecule has 1 aromatic rings. The average molecular weight is 247 g/mol. The summed E-state index contributed by atoms with van der Waals surface area (Å²) >= 11 is 0. The molecule has 1 unspecified atom stereocenters. The highest BCUT2D eigenvalue weighted by Gasteiger charge is 2.25. The van der Waals surface area contributed by atoms with Gasteiger partial charge in [-0.3, -0.25) is 4.98 Å². The second-order valence-electron chi connectivity index (χ2n) is 4.99. The predicted molar refractivity (Wildman–Crippen MR) is 70.3 cm³/mol. The van der Waals surface area contributed by atoms with Gasteiger partial charge >= 0.3 is 5.97 Å². The van der Waals surface area contributed by atoms with Gasteiger partial charge in [0.25, 0.3) is 0 Å². The zero-order valence-electron chi connectivity index (χ0n) is 11.0. The molecule has 0 saturated heterocycles. The molecular formula is C15H21NO2. The van der Waals surface area contributed by atoms with Crippen LogP contribution in [-0.4, -0.2) is 17.1 Å². The maximum absolute atomic E-state index is 12.0. The van der Waals surface area contributed by atoms with E-state index in [1.165, 1.54) is 32.1 Å². The van der Waals surface area contributed by atoms with Crippen LogP contribution in [0.5, 0.6) is 0 Å². The lowest BCUT2D eigenvalue weighted by atomic mass is 9.84. The lowest BCUT2D eigenvalue weighted by Gasteiger charge is -2.29. The minimum absolute atomic E-state index is 0.0676. The number of rotatable bonds is 4. The van der Waals surface area contributed by atoms with Gasteiger partial charge in [-0.15, -0.1) is 0 Å². The van der Waals surface area contributed by atoms with Crippen LogP contribution < -0.4 is 0 Å². The van der Waals surface area contributed by atoms with E-state index in [-0.39, 0.29) is 12.1 Å². The molecule has 0 aliphatic heterocycles. The number of hydrogen-bond acceptors (Lipinski definition) is 3. The minimum Gasteiger partial charge on any atom is -0.458 e. The van der Waals surface area contributed by atoms with Crippen molar-refractivity contribution in [1.82, 2.24) is 4.98 Å². The Kier molecular flexibility index (Phi) is 4.73. The summed E-state index contributed by atoms with van der Waals surface area (Å²) in [5.74, 6) is 0.310. The molecule has 18 heavy (non-hydrogen) atoms. The van der Waals surface area contributed by atoms with E-state index in [4.69, 9.17) is 4.74 Å². The monoisotopic (exact) mass is 247 g/mol. The van der Waals surface area contributed by atoms with Crippen molar-refractivity contribution in [2.24, 2.45) is 5.92 Å². The Morgan fingerprint density at radius 2 is 2.22 bits per heavy atom. The van der Waals surface area contributed by atoms with Crippen molar-refractivity contribution in [2.75, 3.05) is 0 Å². The number of carbonyl (C=O) groups excluding carboxylic acids is 1. The van der Waals surface area contributed by atoms with Crippen molar-refractivity contribution < 1.29 is 9.53 Å². The molecule has 0 N–H and O–H groups in total. The van der Waals surface area contributed by atoms with Crippen LogP contribution >= 0.6 is 0 Å². The minimum atomic E-state index is -0.236. The lowest BCUT2D eigenvalue weighted by Crippen LogP contribution is -2.28. The van der Waals surface area contributed by atoms with Gasteiger partial charge in [0, 0.05) is 12.4 Å². The Bertz CT molecular complexity index is 371. The maximum Gasteiger partial charge on any atom is 0.339 e. The summed E-state index contributed by atoms with van der Waals surface area (Å²) in [6, 6.07) is 3.51. The second-order valence-corrected chi connectivity index (χ2v) is 4.99. The van der Waals surface area contributed by atoms with Gasteiger partial charge in [-0.05, 0) is 37.3 Å². The molecule has 3 nitrogen and oxygen atoms in total. The van der Waals surface area contributed by atoms with Crippen molar-refractivity contribution in [3.05, 3.63) is 30.1 Å². The van der Waals surface area contributed by atoms with Crippen LogP contribution in [0, 0.1) is 5.92 Å². The van der Waals surface area contributed by atoms with E-state index < -0.39 is 0 Å². The summed E-state index contributed by atoms with van der Waals surface area (Å²) in [6.45, 7) is 2.09. The van der Waals surface area contributed by atoms with Crippen molar-refractivity contribution in [2.45, 2.75) is 51.6 Å². The molecular weight excluding hydrogens is 226 g/mol. The van der Waals surface area contributed by atoms with E-state index >= 15 is 0 Å². The normalized spacial score (nSPS) is 18.3. The molecule has 0 aromatic carbocycles. The summed E-state index contributed by atoms with van der Waals surface area (Å²) in [5.41, 5.74) is 0.548. The highest BCUT2D eigenvalue weighted by Crippen LogP contribution is 2.29. The van der Waals surface area contributed by atoms with Crippen LogP contribution in [0.1, 0.15) is 55.8 Å². The molecule has 98 valence electrons. The van der Waals surface area contributed by atoms with Crippen LogP contribution in [0.25, 0.3) is 0 Å². The maximum atomic E-state index is 12.0. The molecule has 1 fully saturated rings. The van der Waals surface area contributed by atoms with Gasteiger partial charge in [0.2, 0.25) is 0 Å². The molecule has 1 aliphatic carbocycles. The number of hydrogen-bond donors (Lipinski definition) is 0. The molecule has 0 radical (unpaired) electrons. The highest BCUT2D eigenvalue weighted by atomic mass is 16.5. The number of esters is 1. The topological polar surface area (TPSA) is 39.2 Å². The molecule has 3 heteroatoms. The first-order valence-electron chi connectivity index (χ1n) is 6.92. The van der Waals surface area contributed by atoms with Crippen LogP contribution in [0.4, 0.5) is 0 Å². The van der Waals surface area contributed by atoms with E-state index in [0.717, 1.165) is 6.42 Å². The Balaban J connectivity index is 1.95. The fourth-order valence-corrected chi connectivity index (χ4v) is 2.71. The van der Waals surface area contributed by atoms with E-state index in [2.05, 4.69) is 11.9 Å². The summed E-state index contributed by atoms with van der Waals surface area (Å²) < 4.78 is 5.65. The average Bonchev–Trinajstić information content (AvgIpc) is 2.46. The van der Waals surface area contributed by atoms with E-state index in [1.54, 1.807) is 24.5 Å². The Morgan fingerprint density at radius 3 is 2.83 bits per heavy atom. The van der Waals surface area contributed by atoms with Crippen molar-refractivity contribution in [3.63, 3.8) is 0 Å². The van der Waals surface area contributed by atoms with E-state index in [0.29, 0.717) is 11.5 Å². The second kappa shape index (κ2) is 6.53. The van der Waals surface area contributed by atoms with E-state index in [9.17, 15) is 4.79 Å². The third-order valence-corrected chi connectivity index (χ3v) is 3.73. The molecule has 1 saturated carbocycles. The number of pyridine rings is 1. The summed E-state index contributed by atoms with van der Waals surface area (Å²) in [4.78, 5) is 15.9. The largest absolute Gasteiger partial charge is 0.458 e. The first-order chi connectivity index (χ1) is 8.81. The van der Waals surface area contributed by atoms with Crippen LogP contribution in [0.15, 0.2) is 24.5 Å². The van der Waals surface area contributed by atoms with Crippen molar-refractivity contribution in [3.8, 4) is 0 Å². The van der Waals surface area contributed by atoms with Crippen LogP contribution in [0.3, 0.4) is 0 Å². The van der Waals surface area contributed by atoms with Gasteiger partial charge in [-0.2, -0.15) is 0 Å². The Labute approximate surface area is 109 Å². The summed E-state index contributed by atoms with van der Waals surface area (Å²) in [6.07, 6.45) is 10.4. The highest BCUT2D eigenvalue weighted by molar-refractivity contribution is 5.89. The molecule has 2 rings (SSSR count). The van der Waals surface area contributed by atoms with E-state index in [1.807, 2.05) is 0 Å². The fourth-order valence-electron chi connectivity index (χ4n) is 2.71. The standard InChI is InChI=1S/C15H21NO2/c1-2-14(12-7-4-3-5-8-12)18-15(17)13-9-6-10-16-11-13/h6,9-12,14H,2-5,7-8H2,1H3. The molecule has 0 spiro atoms. The fraction of sp³-hybridized carbons (Fsp3) is 0.600. The Hall–Kier alpha value is -1.38. The molecule has 0 bridgehead atoms. The molecule has 1 aromatic heterocycles. The lowest BCUT2D eigenvalue weighted by molar-refractivity contribution is 0.00642. The van der Waals surface area contributed by atoms with Crippen LogP contribution in [-0.2, 0) is 4.74 Å². The summed E-state index contributed by atoms with van der Waals surface area (Å²) in [7, 11) is 0. The zero-order valence-corrected chi connectivity index (χ0v) is 11.0. The Morgan fingerprint density at radius 1 is 1.44 bits per heavy atom. The van der Waals surface area contributed by atoms with Gasteiger partial charge in [-0.25, -0.2) is 4.79 Å². The predicted octanol–water partition coefficient (Wildman–Crippen LogP) is 3.60. The van der Waals surface area contributed by atoms with Gasteiger partial charge < -0.3 is 4.74 Å². The van der Waals surface area contributed by atoms with Crippen molar-refractivity contribution in [1.29, 1.82) is 0 Å². The molecule has 0 amide bonds. The first kappa shape index (κ1) is 13.1. The number of nitrogens with zero attached hydrogens (tertiary/aromatic N) is 1. The number of aromatic nitrogens is 1. The van der Waals surface area contributed by atoms with Gasteiger partial charge in [0.15, 0.2) is 0 Å².